The van der Waals surface area contributed by atoms with Crippen LogP contribution >= 0.6 is 8.53 Å². The minimum absolute atomic E-state index is 0.00298. The van der Waals surface area contributed by atoms with Crippen LogP contribution in [0.5, 0.6) is 11.5 Å². The van der Waals surface area contributed by atoms with Gasteiger partial charge < -0.3 is 32.7 Å². The molecule has 3 aromatic rings. The van der Waals surface area contributed by atoms with Gasteiger partial charge in [0, 0.05) is 18.0 Å². The van der Waals surface area contributed by atoms with Crippen LogP contribution in [0.25, 0.3) is 0 Å². The molecule has 2 unspecified atom stereocenters. The van der Waals surface area contributed by atoms with Crippen LogP contribution in [0.15, 0.2) is 93.8 Å². The summed E-state index contributed by atoms with van der Waals surface area (Å²) >= 11 is 0. The van der Waals surface area contributed by atoms with Gasteiger partial charge in [0.25, 0.3) is 20.3 Å². The zero-order valence-electron chi connectivity index (χ0n) is 37.1. The summed E-state index contributed by atoms with van der Waals surface area (Å²) in [7, 11) is 1.44. The molecule has 4 aliphatic rings. The molecule has 17 heteroatoms. The summed E-state index contributed by atoms with van der Waals surface area (Å²) in [5.74, 6) is 0.133. The molecule has 334 valence electrons. The van der Waals surface area contributed by atoms with E-state index < -0.39 is 68.0 Å². The number of fused-ring (bicyclic) bond motifs is 3. The molecule has 2 bridgehead atoms. The van der Waals surface area contributed by atoms with Crippen molar-refractivity contribution in [2.75, 3.05) is 27.4 Å². The highest BCUT2D eigenvalue weighted by molar-refractivity contribution is 7.44. The van der Waals surface area contributed by atoms with Crippen LogP contribution in [0.1, 0.15) is 71.6 Å². The number of aliphatic imine (C=N–C) groups is 3. The third kappa shape index (κ3) is 8.89. The summed E-state index contributed by atoms with van der Waals surface area (Å²) in [6.45, 7) is 13.7. The Bertz CT molecular complexity index is 2180. The Labute approximate surface area is 370 Å². The smallest absolute Gasteiger partial charge is 0.259 e. The topological polar surface area (TPSA) is 178 Å². The van der Waals surface area contributed by atoms with Gasteiger partial charge in [-0.05, 0) is 75.6 Å². The van der Waals surface area contributed by atoms with Crippen LogP contribution in [-0.4, -0.2) is 115 Å². The average Bonchev–Trinajstić information content (AvgIpc) is 3.91. The molecular weight excluding hydrogens is 826 g/mol. The van der Waals surface area contributed by atoms with Gasteiger partial charge in [-0.25, -0.2) is 4.67 Å². The van der Waals surface area contributed by atoms with Crippen molar-refractivity contribution in [3.63, 3.8) is 0 Å². The monoisotopic (exact) mass is 881 g/mol. The van der Waals surface area contributed by atoms with Crippen molar-refractivity contribution in [2.45, 2.75) is 109 Å². The van der Waals surface area contributed by atoms with Crippen molar-refractivity contribution in [3.05, 3.63) is 95.6 Å². The number of benzene rings is 3. The third-order valence-corrected chi connectivity index (χ3v) is 13.7. The lowest BCUT2D eigenvalue weighted by atomic mass is 9.79. The first kappa shape index (κ1) is 45.9. The van der Waals surface area contributed by atoms with Crippen molar-refractivity contribution >= 4 is 38.5 Å². The van der Waals surface area contributed by atoms with E-state index in [9.17, 15) is 14.9 Å². The fourth-order valence-corrected chi connectivity index (χ4v) is 10.2. The maximum Gasteiger partial charge on any atom is 0.259 e. The molecule has 3 aromatic carbocycles. The molecule has 0 radical (unpaired) electrons. The van der Waals surface area contributed by atoms with Gasteiger partial charge in [-0.1, -0.05) is 68.4 Å². The van der Waals surface area contributed by atoms with Gasteiger partial charge in [-0.15, -0.1) is 0 Å². The van der Waals surface area contributed by atoms with E-state index >= 15 is 0 Å². The minimum Gasteiger partial charge on any atom is -0.497 e. The summed E-state index contributed by atoms with van der Waals surface area (Å²) in [4.78, 5) is 41.0. The van der Waals surface area contributed by atoms with E-state index in [0.717, 1.165) is 16.7 Å². The first-order chi connectivity index (χ1) is 30.3. The lowest BCUT2D eigenvalue weighted by molar-refractivity contribution is -0.227. The Kier molecular flexibility index (Phi) is 14.1. The van der Waals surface area contributed by atoms with E-state index in [1.165, 1.54) is 6.34 Å². The first-order valence-corrected chi connectivity index (χ1v) is 22.3. The van der Waals surface area contributed by atoms with Crippen molar-refractivity contribution < 1.29 is 42.3 Å². The van der Waals surface area contributed by atoms with Crippen LogP contribution < -0.4 is 14.8 Å². The summed E-state index contributed by atoms with van der Waals surface area (Å²) in [6.07, 6.45) is -1.47. The average molecular weight is 882 g/mol. The van der Waals surface area contributed by atoms with Gasteiger partial charge >= 0.3 is 0 Å². The number of carbonyl (C=O) groups is 2. The van der Waals surface area contributed by atoms with Gasteiger partial charge in [0.15, 0.2) is 18.1 Å². The lowest BCUT2D eigenvalue weighted by Gasteiger charge is -2.43. The quantitative estimate of drug-likeness (QED) is 0.0854. The normalized spacial score (nSPS) is 25.2. The SMILES string of the molecule is COc1ccc(C(OC[C@]23O[C@@H](N4C=NC5C(=O)NC(=NC(=O)C(C)C)N=C54)[C@H](O[C@H]2C)[C@@H]3OP(OCCC#N)N(C(C)C)C(C)C)(c2ccccc2)c2ccc(OC)cc2)cc1. The highest BCUT2D eigenvalue weighted by Crippen LogP contribution is 2.56. The molecule has 7 rings (SSSR count). The zero-order chi connectivity index (χ0) is 45.1. The Balaban J connectivity index is 1.36. The van der Waals surface area contributed by atoms with Crippen LogP contribution in [0, 0.1) is 17.2 Å². The fourth-order valence-electron chi connectivity index (χ4n) is 8.39. The lowest BCUT2D eigenvalue weighted by Crippen LogP contribution is -2.57. The predicted molar refractivity (Wildman–Crippen MR) is 237 cm³/mol. The number of guanidine groups is 1. The molecule has 4 heterocycles. The van der Waals surface area contributed by atoms with Gasteiger partial charge in [-0.3, -0.25) is 24.8 Å². The summed E-state index contributed by atoms with van der Waals surface area (Å²) in [6, 6.07) is 26.7. The maximum absolute atomic E-state index is 13.4. The van der Waals surface area contributed by atoms with Gasteiger partial charge in [0.05, 0.1) is 52.4 Å². The second kappa shape index (κ2) is 19.3. The molecular formula is C46H56N7O9P. The van der Waals surface area contributed by atoms with Crippen molar-refractivity contribution in [3.8, 4) is 17.6 Å². The maximum atomic E-state index is 13.4. The largest absolute Gasteiger partial charge is 0.497 e. The molecule has 0 saturated carbocycles. The molecule has 63 heavy (non-hydrogen) atoms. The van der Waals surface area contributed by atoms with Crippen molar-refractivity contribution in [1.82, 2.24) is 14.9 Å². The number of amidine groups is 1. The van der Waals surface area contributed by atoms with Crippen LogP contribution in [0.4, 0.5) is 0 Å². The molecule has 16 nitrogen and oxygen atoms in total. The molecule has 2 saturated heterocycles. The van der Waals surface area contributed by atoms with E-state index in [0.29, 0.717) is 11.5 Å². The molecule has 2 amide bonds. The molecule has 2 fully saturated rings. The molecule has 1 N–H and O–H groups in total. The van der Waals surface area contributed by atoms with Crippen molar-refractivity contribution in [2.24, 2.45) is 20.9 Å². The summed E-state index contributed by atoms with van der Waals surface area (Å²) in [5.41, 5.74) is -0.0625. The third-order valence-electron chi connectivity index (χ3n) is 11.5. The Morgan fingerprint density at radius 3 is 2.13 bits per heavy atom. The fraction of sp³-hybridized carbons (Fsp3) is 0.478. The van der Waals surface area contributed by atoms with Gasteiger partial charge in [-0.2, -0.15) is 15.2 Å². The van der Waals surface area contributed by atoms with Crippen LogP contribution in [-0.2, 0) is 38.4 Å². The zero-order valence-corrected chi connectivity index (χ0v) is 38.0. The van der Waals surface area contributed by atoms with E-state index in [-0.39, 0.29) is 43.5 Å². The van der Waals surface area contributed by atoms with Crippen molar-refractivity contribution in [1.29, 1.82) is 5.26 Å². The molecule has 4 aliphatic heterocycles. The van der Waals surface area contributed by atoms with Gasteiger partial charge in [0.1, 0.15) is 34.9 Å². The highest BCUT2D eigenvalue weighted by Gasteiger charge is 2.70. The Morgan fingerprint density at radius 2 is 1.57 bits per heavy atom. The second-order valence-corrected chi connectivity index (χ2v) is 17.9. The number of hydrogen-bond acceptors (Lipinski definition) is 13. The Morgan fingerprint density at radius 1 is 0.968 bits per heavy atom. The van der Waals surface area contributed by atoms with E-state index in [1.54, 1.807) is 33.0 Å². The number of nitrogens with zero attached hydrogens (tertiary/aromatic N) is 6. The van der Waals surface area contributed by atoms with Crippen LogP contribution in [0.2, 0.25) is 0 Å². The standard InChI is InChI=1S/C46H56N7O9P/c1-28(2)41(54)50-44-49-40-37(42(55)51-44)48-27-52(40)43-38-39(62-63(59-25-13-24-47)53(29(3)4)30(5)6)45(61-43,31(7)60-38)26-58-46(32-14-11-10-12-15-32,33-16-20-35(56-8)21-17-33)34-18-22-36(57-9)23-19-34/h10-12,14-23,27-31,37-39,43H,13,25-26H2,1-9H3,(H,50,51,54,55)/t31-,37?,38+,39-,43+,45-,63?/m0/s1. The van der Waals surface area contributed by atoms with E-state index in [2.05, 4.69) is 58.7 Å². The second-order valence-electron chi connectivity index (χ2n) is 16.5. The number of carbonyl (C=O) groups excluding carboxylic acids is 2. The number of nitriles is 1. The summed E-state index contributed by atoms with van der Waals surface area (Å²) < 4.78 is 48.7. The molecule has 0 spiro atoms. The highest BCUT2D eigenvalue weighted by atomic mass is 31.2. The molecule has 7 atom stereocenters. The minimum atomic E-state index is -1.81. The Hall–Kier alpha value is -5.11. The van der Waals surface area contributed by atoms with E-state index in [4.69, 9.17) is 32.7 Å². The van der Waals surface area contributed by atoms with Gasteiger partial charge in [0.2, 0.25) is 5.96 Å². The summed E-state index contributed by atoms with van der Waals surface area (Å²) in [5, 5.41) is 12.1. The predicted octanol–water partition coefficient (Wildman–Crippen LogP) is 6.34. The molecule has 0 aromatic heterocycles. The number of hydrogen-bond donors (Lipinski definition) is 1. The first-order valence-electron chi connectivity index (χ1n) is 21.2. The number of methoxy groups -OCH3 is 2. The number of nitrogens with one attached hydrogen (secondary N) is 1. The van der Waals surface area contributed by atoms with E-state index in [1.807, 2.05) is 85.8 Å². The number of rotatable bonds is 18. The number of ether oxygens (including phenoxy) is 5. The molecule has 0 aliphatic carbocycles. The number of amides is 2. The van der Waals surface area contributed by atoms with Crippen LogP contribution in [0.3, 0.4) is 0 Å².